The molecule has 0 bridgehead atoms. The summed E-state index contributed by atoms with van der Waals surface area (Å²) in [5.74, 6) is -0.183. The highest BCUT2D eigenvalue weighted by atomic mass is 35.5. The number of carbonyl (C=O) groups excluding carboxylic acids is 1. The van der Waals surface area contributed by atoms with Crippen molar-refractivity contribution in [1.82, 2.24) is 10.2 Å². The number of nitrogens with zero attached hydrogens (tertiary/aromatic N) is 1. The van der Waals surface area contributed by atoms with E-state index in [0.717, 1.165) is 37.9 Å². The SMILES string of the molecule is CCCC=O.CN1CCNCC1c1ccc(OC(F)(F)F)cc1.Cl. The van der Waals surface area contributed by atoms with Crippen LogP contribution >= 0.6 is 12.4 Å². The molecule has 0 aliphatic carbocycles. The summed E-state index contributed by atoms with van der Waals surface area (Å²) >= 11 is 0. The van der Waals surface area contributed by atoms with Gasteiger partial charge in [0, 0.05) is 32.1 Å². The van der Waals surface area contributed by atoms with Crippen LogP contribution in [-0.2, 0) is 4.79 Å². The maximum Gasteiger partial charge on any atom is 0.573 e. The Labute approximate surface area is 146 Å². The van der Waals surface area contributed by atoms with E-state index in [1.165, 1.54) is 12.1 Å². The minimum Gasteiger partial charge on any atom is -0.406 e. The van der Waals surface area contributed by atoms with Gasteiger partial charge in [-0.2, -0.15) is 0 Å². The van der Waals surface area contributed by atoms with Gasteiger partial charge in [0.2, 0.25) is 0 Å². The number of nitrogens with one attached hydrogen (secondary N) is 1. The second-order valence-corrected chi connectivity index (χ2v) is 5.27. The average Bonchev–Trinajstić information content (AvgIpc) is 2.49. The highest BCUT2D eigenvalue weighted by Gasteiger charge is 2.31. The molecule has 1 N–H and O–H groups in total. The Kier molecular flexibility index (Phi) is 10.7. The summed E-state index contributed by atoms with van der Waals surface area (Å²) in [6.07, 6.45) is -2.02. The number of aldehydes is 1. The van der Waals surface area contributed by atoms with E-state index < -0.39 is 6.36 Å². The number of carbonyl (C=O) groups is 1. The van der Waals surface area contributed by atoms with Gasteiger partial charge in [0.25, 0.3) is 0 Å². The van der Waals surface area contributed by atoms with Gasteiger partial charge in [-0.05, 0) is 31.2 Å². The second kappa shape index (κ2) is 11.3. The predicted molar refractivity (Wildman–Crippen MR) is 89.6 cm³/mol. The lowest BCUT2D eigenvalue weighted by atomic mass is 10.0. The van der Waals surface area contributed by atoms with Crippen LogP contribution in [0.3, 0.4) is 0 Å². The van der Waals surface area contributed by atoms with Crippen LogP contribution in [0, 0.1) is 0 Å². The van der Waals surface area contributed by atoms with E-state index in [4.69, 9.17) is 0 Å². The van der Waals surface area contributed by atoms with E-state index >= 15 is 0 Å². The third-order valence-corrected chi connectivity index (χ3v) is 3.42. The second-order valence-electron chi connectivity index (χ2n) is 5.27. The van der Waals surface area contributed by atoms with Crippen molar-refractivity contribution < 1.29 is 22.7 Å². The zero-order chi connectivity index (χ0) is 17.3. The van der Waals surface area contributed by atoms with Crippen LogP contribution < -0.4 is 10.1 Å². The first-order valence-electron chi connectivity index (χ1n) is 7.57. The summed E-state index contributed by atoms with van der Waals surface area (Å²) in [5.41, 5.74) is 0.985. The number of halogens is 4. The molecule has 1 aromatic carbocycles. The zero-order valence-corrected chi connectivity index (χ0v) is 14.6. The smallest absolute Gasteiger partial charge is 0.406 e. The first-order chi connectivity index (χ1) is 10.9. The van der Waals surface area contributed by atoms with Crippen LogP contribution in [0.5, 0.6) is 5.75 Å². The fourth-order valence-electron chi connectivity index (χ4n) is 2.19. The van der Waals surface area contributed by atoms with Crippen LogP contribution in [0.1, 0.15) is 31.4 Å². The van der Waals surface area contributed by atoms with E-state index in [0.29, 0.717) is 6.42 Å². The summed E-state index contributed by atoms with van der Waals surface area (Å²) in [5, 5.41) is 3.26. The molecule has 0 radical (unpaired) electrons. The Balaban J connectivity index is 0.000000777. The molecule has 1 aromatic rings. The predicted octanol–water partition coefficient (Wildman–Crippen LogP) is 3.57. The number of hydrogen-bond donors (Lipinski definition) is 1. The Morgan fingerprint density at radius 1 is 1.33 bits per heavy atom. The first kappa shape index (κ1) is 22.7. The molecule has 1 aliphatic rings. The molecular weight excluding hydrogens is 345 g/mol. The largest absolute Gasteiger partial charge is 0.573 e. The summed E-state index contributed by atoms with van der Waals surface area (Å²) in [6, 6.07) is 6.25. The first-order valence-corrected chi connectivity index (χ1v) is 7.57. The zero-order valence-electron chi connectivity index (χ0n) is 13.8. The van der Waals surface area contributed by atoms with Crippen LogP contribution in [0.4, 0.5) is 13.2 Å². The van der Waals surface area contributed by atoms with Crippen LogP contribution in [0.2, 0.25) is 0 Å². The number of rotatable bonds is 4. The van der Waals surface area contributed by atoms with Gasteiger partial charge in [-0.3, -0.25) is 4.90 Å². The number of likely N-dealkylation sites (N-methyl/N-ethyl adjacent to an activating group) is 1. The molecule has 0 saturated carbocycles. The van der Waals surface area contributed by atoms with Gasteiger partial charge >= 0.3 is 6.36 Å². The molecule has 138 valence electrons. The third-order valence-electron chi connectivity index (χ3n) is 3.42. The molecule has 1 atom stereocenters. The van der Waals surface area contributed by atoms with E-state index in [1.54, 1.807) is 12.1 Å². The van der Waals surface area contributed by atoms with E-state index in [2.05, 4.69) is 15.0 Å². The Hall–Kier alpha value is -1.31. The number of unbranched alkanes of at least 4 members (excludes halogenated alkanes) is 1. The molecule has 8 heteroatoms. The number of hydrogen-bond acceptors (Lipinski definition) is 4. The van der Waals surface area contributed by atoms with Gasteiger partial charge in [-0.25, -0.2) is 0 Å². The molecule has 24 heavy (non-hydrogen) atoms. The maximum absolute atomic E-state index is 12.0. The molecule has 1 aliphatic heterocycles. The Morgan fingerprint density at radius 3 is 2.38 bits per heavy atom. The maximum atomic E-state index is 12.0. The van der Waals surface area contributed by atoms with Crippen molar-refractivity contribution in [3.8, 4) is 5.75 Å². The van der Waals surface area contributed by atoms with Gasteiger partial charge in [0.05, 0.1) is 0 Å². The van der Waals surface area contributed by atoms with Crippen molar-refractivity contribution in [2.45, 2.75) is 32.2 Å². The topological polar surface area (TPSA) is 41.6 Å². The summed E-state index contributed by atoms with van der Waals surface area (Å²) in [7, 11) is 2.01. The molecule has 4 nitrogen and oxygen atoms in total. The lowest BCUT2D eigenvalue weighted by molar-refractivity contribution is -0.274. The molecule has 1 unspecified atom stereocenters. The molecule has 0 aromatic heterocycles. The van der Waals surface area contributed by atoms with Crippen molar-refractivity contribution in [3.05, 3.63) is 29.8 Å². The van der Waals surface area contributed by atoms with Gasteiger partial charge in [0.15, 0.2) is 0 Å². The van der Waals surface area contributed by atoms with Crippen molar-refractivity contribution in [2.75, 3.05) is 26.7 Å². The summed E-state index contributed by atoms with van der Waals surface area (Å²) < 4.78 is 39.9. The van der Waals surface area contributed by atoms with E-state index in [1.807, 2.05) is 14.0 Å². The average molecular weight is 369 g/mol. The Bertz CT molecular complexity index is 469. The van der Waals surface area contributed by atoms with Gasteiger partial charge < -0.3 is 14.8 Å². The van der Waals surface area contributed by atoms with Crippen molar-refractivity contribution in [3.63, 3.8) is 0 Å². The molecule has 0 spiro atoms. The minimum atomic E-state index is -4.63. The third kappa shape index (κ3) is 8.52. The van der Waals surface area contributed by atoms with Crippen LogP contribution in [-0.4, -0.2) is 44.2 Å². The molecular formula is C16H24ClF3N2O2. The Morgan fingerprint density at radius 2 is 1.96 bits per heavy atom. The van der Waals surface area contributed by atoms with Crippen molar-refractivity contribution in [1.29, 1.82) is 0 Å². The van der Waals surface area contributed by atoms with Gasteiger partial charge in [-0.15, -0.1) is 25.6 Å². The molecule has 0 amide bonds. The molecule has 1 fully saturated rings. The number of benzene rings is 1. The highest BCUT2D eigenvalue weighted by Crippen LogP contribution is 2.26. The van der Waals surface area contributed by atoms with E-state index in [-0.39, 0.29) is 24.2 Å². The fraction of sp³-hybridized carbons (Fsp3) is 0.562. The highest BCUT2D eigenvalue weighted by molar-refractivity contribution is 5.85. The monoisotopic (exact) mass is 368 g/mol. The molecule has 1 saturated heterocycles. The quantitative estimate of drug-likeness (QED) is 0.825. The van der Waals surface area contributed by atoms with Crippen LogP contribution in [0.15, 0.2) is 24.3 Å². The normalized spacial score (nSPS) is 18.0. The fourth-order valence-corrected chi connectivity index (χ4v) is 2.19. The lowest BCUT2D eigenvalue weighted by Crippen LogP contribution is -2.43. The molecule has 2 rings (SSSR count). The van der Waals surface area contributed by atoms with E-state index in [9.17, 15) is 18.0 Å². The standard InChI is InChI=1S/C12H15F3N2O.C4H8O.ClH/c1-17-7-6-16-8-11(17)9-2-4-10(5-3-9)18-12(13,14)15;1-2-3-4-5;/h2-5,11,16H,6-8H2,1H3;4H,2-3H2,1H3;1H. The number of piperazine rings is 1. The summed E-state index contributed by atoms with van der Waals surface area (Å²) in [4.78, 5) is 11.6. The van der Waals surface area contributed by atoms with Crippen molar-refractivity contribution >= 4 is 18.7 Å². The van der Waals surface area contributed by atoms with Crippen molar-refractivity contribution in [2.24, 2.45) is 0 Å². The number of alkyl halides is 3. The van der Waals surface area contributed by atoms with Crippen LogP contribution in [0.25, 0.3) is 0 Å². The van der Waals surface area contributed by atoms with Gasteiger partial charge in [-0.1, -0.05) is 19.1 Å². The minimum absolute atomic E-state index is 0. The lowest BCUT2D eigenvalue weighted by Gasteiger charge is -2.33. The summed E-state index contributed by atoms with van der Waals surface area (Å²) in [6.45, 7) is 4.64. The molecule has 1 heterocycles. The van der Waals surface area contributed by atoms with Gasteiger partial charge in [0.1, 0.15) is 12.0 Å². The number of ether oxygens (including phenoxy) is 1.